The molecular formula is C14H17ClF3N5O2. The van der Waals surface area contributed by atoms with E-state index in [9.17, 15) is 18.0 Å². The molecule has 2 heterocycles. The highest BCUT2D eigenvalue weighted by Crippen LogP contribution is 2.36. The number of aromatic nitrogens is 4. The molecule has 0 radical (unpaired) electrons. The first kappa shape index (κ1) is 19.3. The van der Waals surface area contributed by atoms with E-state index in [-0.39, 0.29) is 12.4 Å². The summed E-state index contributed by atoms with van der Waals surface area (Å²) >= 11 is 5.70. The average Bonchev–Trinajstić information content (AvgIpc) is 3.09. The van der Waals surface area contributed by atoms with Crippen molar-refractivity contribution < 1.29 is 22.7 Å². The monoisotopic (exact) mass is 379 g/mol. The zero-order chi connectivity index (χ0) is 18.8. The maximum Gasteiger partial charge on any atom is 0.436 e. The first-order valence-corrected chi connectivity index (χ1v) is 7.75. The molecule has 2 rings (SSSR count). The molecule has 0 aliphatic carbocycles. The van der Waals surface area contributed by atoms with Crippen molar-refractivity contribution in [1.82, 2.24) is 19.6 Å². The number of halogens is 4. The summed E-state index contributed by atoms with van der Waals surface area (Å²) in [4.78, 5) is 12.3. The van der Waals surface area contributed by atoms with Crippen molar-refractivity contribution in [1.29, 1.82) is 0 Å². The molecule has 1 amide bonds. The third-order valence-electron chi connectivity index (χ3n) is 3.42. The third-order valence-corrected chi connectivity index (χ3v) is 3.87. The highest BCUT2D eigenvalue weighted by molar-refractivity contribution is 6.32. The van der Waals surface area contributed by atoms with E-state index < -0.39 is 28.8 Å². The normalized spacial score (nSPS) is 13.1. The lowest BCUT2D eigenvalue weighted by molar-refractivity contribution is -0.141. The Morgan fingerprint density at radius 2 is 2.16 bits per heavy atom. The fourth-order valence-electron chi connectivity index (χ4n) is 2.10. The van der Waals surface area contributed by atoms with Gasteiger partial charge in [-0.05, 0) is 20.8 Å². The number of hydrogen-bond donors (Lipinski definition) is 1. The minimum Gasteiger partial charge on any atom is -0.360 e. The van der Waals surface area contributed by atoms with Gasteiger partial charge in [0, 0.05) is 6.61 Å². The van der Waals surface area contributed by atoms with Gasteiger partial charge in [0.2, 0.25) is 5.91 Å². The maximum absolute atomic E-state index is 12.9. The van der Waals surface area contributed by atoms with Crippen molar-refractivity contribution in [2.24, 2.45) is 0 Å². The largest absolute Gasteiger partial charge is 0.436 e. The van der Waals surface area contributed by atoms with Gasteiger partial charge in [-0.2, -0.15) is 23.4 Å². The summed E-state index contributed by atoms with van der Waals surface area (Å²) in [5.41, 5.74) is -0.761. The molecule has 0 saturated heterocycles. The lowest BCUT2D eigenvalue weighted by Crippen LogP contribution is -2.25. The minimum atomic E-state index is -4.69. The molecule has 138 valence electrons. The Labute approximate surface area is 146 Å². The zero-order valence-electron chi connectivity index (χ0n) is 13.8. The summed E-state index contributed by atoms with van der Waals surface area (Å²) in [7, 11) is 0. The van der Waals surface area contributed by atoms with Crippen LogP contribution in [0.15, 0.2) is 12.4 Å². The third kappa shape index (κ3) is 4.31. The van der Waals surface area contributed by atoms with Crippen LogP contribution in [0.5, 0.6) is 0 Å². The van der Waals surface area contributed by atoms with Crippen molar-refractivity contribution >= 4 is 23.2 Å². The second-order valence-electron chi connectivity index (χ2n) is 5.25. The van der Waals surface area contributed by atoms with E-state index in [4.69, 9.17) is 16.3 Å². The van der Waals surface area contributed by atoms with Crippen LogP contribution in [-0.4, -0.2) is 32.1 Å². The molecule has 1 unspecified atom stereocenters. The van der Waals surface area contributed by atoms with E-state index in [0.29, 0.717) is 12.3 Å². The van der Waals surface area contributed by atoms with Crippen molar-refractivity contribution in [3.8, 4) is 0 Å². The maximum atomic E-state index is 12.9. The van der Waals surface area contributed by atoms with Crippen LogP contribution in [0.25, 0.3) is 0 Å². The van der Waals surface area contributed by atoms with Crippen LogP contribution in [0.1, 0.15) is 31.3 Å². The Kier molecular flexibility index (Phi) is 5.73. The van der Waals surface area contributed by atoms with Crippen LogP contribution in [-0.2, 0) is 22.4 Å². The molecule has 25 heavy (non-hydrogen) atoms. The standard InChI is InChI=1S/C14H17ClF3N5O2/c1-4-25-7-22-6-10(5-19-22)20-13(24)9(3)23-8(2)11(15)12(21-23)14(16,17)18/h5-6,9H,4,7H2,1-3H3,(H,20,24). The smallest absolute Gasteiger partial charge is 0.360 e. The van der Waals surface area contributed by atoms with Crippen LogP contribution in [0.3, 0.4) is 0 Å². The van der Waals surface area contributed by atoms with Gasteiger partial charge in [0.05, 0.1) is 28.8 Å². The molecule has 1 atom stereocenters. The summed E-state index contributed by atoms with van der Waals surface area (Å²) < 4.78 is 46.2. The number of amides is 1. The number of nitrogens with one attached hydrogen (secondary N) is 1. The fourth-order valence-corrected chi connectivity index (χ4v) is 2.33. The van der Waals surface area contributed by atoms with Gasteiger partial charge in [0.1, 0.15) is 12.8 Å². The number of alkyl halides is 3. The van der Waals surface area contributed by atoms with E-state index in [1.807, 2.05) is 6.92 Å². The van der Waals surface area contributed by atoms with E-state index >= 15 is 0 Å². The van der Waals surface area contributed by atoms with Crippen LogP contribution >= 0.6 is 11.6 Å². The number of nitrogens with zero attached hydrogens (tertiary/aromatic N) is 4. The molecule has 0 aromatic carbocycles. The van der Waals surface area contributed by atoms with Gasteiger partial charge in [-0.25, -0.2) is 4.68 Å². The van der Waals surface area contributed by atoms with E-state index in [0.717, 1.165) is 4.68 Å². The number of anilines is 1. The summed E-state index contributed by atoms with van der Waals surface area (Å²) in [6, 6.07) is -0.996. The molecule has 0 bridgehead atoms. The first-order chi connectivity index (χ1) is 11.6. The Balaban J connectivity index is 2.14. The van der Waals surface area contributed by atoms with E-state index in [1.54, 1.807) is 6.20 Å². The molecule has 2 aromatic rings. The second-order valence-corrected chi connectivity index (χ2v) is 5.62. The van der Waals surface area contributed by atoms with Crippen LogP contribution in [0.2, 0.25) is 5.02 Å². The van der Waals surface area contributed by atoms with Crippen molar-refractivity contribution in [3.05, 3.63) is 28.8 Å². The van der Waals surface area contributed by atoms with Gasteiger partial charge in [-0.3, -0.25) is 9.48 Å². The lowest BCUT2D eigenvalue weighted by atomic mass is 10.3. The quantitative estimate of drug-likeness (QED) is 0.836. The van der Waals surface area contributed by atoms with Crippen LogP contribution in [0.4, 0.5) is 18.9 Å². The number of hydrogen-bond acceptors (Lipinski definition) is 4. The summed E-state index contributed by atoms with van der Waals surface area (Å²) in [6.45, 7) is 5.37. The Hall–Kier alpha value is -2.07. The zero-order valence-corrected chi connectivity index (χ0v) is 14.5. The highest BCUT2D eigenvalue weighted by atomic mass is 35.5. The molecular weight excluding hydrogens is 363 g/mol. The Morgan fingerprint density at radius 1 is 1.48 bits per heavy atom. The van der Waals surface area contributed by atoms with Gasteiger partial charge < -0.3 is 10.1 Å². The second kappa shape index (κ2) is 7.44. The molecule has 2 aromatic heterocycles. The van der Waals surface area contributed by atoms with E-state index in [2.05, 4.69) is 15.5 Å². The molecule has 1 N–H and O–H groups in total. The van der Waals surface area contributed by atoms with Gasteiger partial charge in [0.15, 0.2) is 5.69 Å². The Bertz CT molecular complexity index is 756. The van der Waals surface area contributed by atoms with Gasteiger partial charge in [-0.1, -0.05) is 11.6 Å². The molecule has 7 nitrogen and oxygen atoms in total. The molecule has 0 aliphatic heterocycles. The molecule has 11 heteroatoms. The predicted molar refractivity (Wildman–Crippen MR) is 84.2 cm³/mol. The van der Waals surface area contributed by atoms with Crippen LogP contribution < -0.4 is 5.32 Å². The lowest BCUT2D eigenvalue weighted by Gasteiger charge is -2.13. The topological polar surface area (TPSA) is 74.0 Å². The summed E-state index contributed by atoms with van der Waals surface area (Å²) in [5, 5.41) is 9.49. The fraction of sp³-hybridized carbons (Fsp3) is 0.500. The van der Waals surface area contributed by atoms with Crippen LogP contribution in [0, 0.1) is 6.92 Å². The van der Waals surface area contributed by atoms with Gasteiger partial charge >= 0.3 is 6.18 Å². The van der Waals surface area contributed by atoms with Gasteiger partial charge in [0.25, 0.3) is 0 Å². The number of carbonyl (C=O) groups is 1. The van der Waals surface area contributed by atoms with E-state index in [1.165, 1.54) is 24.7 Å². The molecule has 0 aliphatic rings. The van der Waals surface area contributed by atoms with Crippen molar-refractivity contribution in [2.75, 3.05) is 11.9 Å². The minimum absolute atomic E-state index is 0.0590. The summed E-state index contributed by atoms with van der Waals surface area (Å²) in [5.74, 6) is -0.549. The average molecular weight is 380 g/mol. The Morgan fingerprint density at radius 3 is 2.72 bits per heavy atom. The first-order valence-electron chi connectivity index (χ1n) is 7.38. The summed E-state index contributed by atoms with van der Waals surface area (Å²) in [6.07, 6.45) is -1.73. The van der Waals surface area contributed by atoms with Crippen molar-refractivity contribution in [3.63, 3.8) is 0 Å². The number of ether oxygens (including phenoxy) is 1. The predicted octanol–water partition coefficient (Wildman–Crippen LogP) is 3.25. The number of carbonyl (C=O) groups excluding carboxylic acids is 1. The SMILES string of the molecule is CCOCn1cc(NC(=O)C(C)n2nc(C(F)(F)F)c(Cl)c2C)cn1. The molecule has 0 spiro atoms. The molecule has 0 fully saturated rings. The van der Waals surface area contributed by atoms with Crippen molar-refractivity contribution in [2.45, 2.75) is 39.7 Å². The number of rotatable bonds is 6. The van der Waals surface area contributed by atoms with Gasteiger partial charge in [-0.15, -0.1) is 0 Å². The molecule has 0 saturated carbocycles. The highest BCUT2D eigenvalue weighted by Gasteiger charge is 2.39.